The predicted molar refractivity (Wildman–Crippen MR) is 341 cm³/mol. The van der Waals surface area contributed by atoms with Gasteiger partial charge in [0.2, 0.25) is 0 Å². The smallest absolute Gasteiger partial charge is 0.137 e. The molecule has 0 saturated carbocycles. The average Bonchev–Trinajstić information content (AvgIpc) is 4.28. The van der Waals surface area contributed by atoms with Crippen molar-refractivity contribution in [3.63, 3.8) is 0 Å². The second-order valence-corrected chi connectivity index (χ2v) is 23.8. The first kappa shape index (κ1) is 67.5. The molecule has 84 heavy (non-hydrogen) atoms. The first-order valence-corrected chi connectivity index (χ1v) is 27.6. The summed E-state index contributed by atoms with van der Waals surface area (Å²) in [6, 6.07) is 66.2. The van der Waals surface area contributed by atoms with Crippen molar-refractivity contribution in [2.24, 2.45) is 0 Å². The van der Waals surface area contributed by atoms with E-state index in [4.69, 9.17) is 19.0 Å². The summed E-state index contributed by atoms with van der Waals surface area (Å²) in [7, 11) is 2.00. The first-order chi connectivity index (χ1) is 39.2. The molecule has 2 N–H and O–H groups in total. The second kappa shape index (κ2) is 30.0. The van der Waals surface area contributed by atoms with Crippen molar-refractivity contribution in [3.8, 4) is 45.0 Å². The van der Waals surface area contributed by atoms with Crippen LogP contribution in [-0.4, -0.2) is 44.4 Å². The zero-order valence-corrected chi connectivity index (χ0v) is 55.5. The number of aromatic nitrogens is 4. The van der Waals surface area contributed by atoms with Crippen LogP contribution in [0.15, 0.2) is 210 Å². The van der Waals surface area contributed by atoms with Gasteiger partial charge in [-0.2, -0.15) is 0 Å². The van der Waals surface area contributed by atoms with Gasteiger partial charge >= 0.3 is 0 Å². The standard InChI is InChI=1S/2C19H18N.C17H17NO.C17H16NO.2CH4O.2Ir/c2*1-19(2,3)16-10-8-15(9-11-16)18-17-7-5-4-6-14(17)12-13-20-18;2*1-17(2,3)13-6-4-12(5-7-13)16-14-9-11-19-15(14)8-10-18-16;2*1-2;;/h2*4-8,10-13H,1-3H3;4-11H,1-3H3;4,6-11H,1-3H3;2*2H,1H3;;/q2*-1;;-1;;;;. The van der Waals surface area contributed by atoms with Crippen LogP contribution >= 0.6 is 0 Å². The topological polar surface area (TPSA) is 118 Å². The van der Waals surface area contributed by atoms with E-state index in [1.54, 1.807) is 24.9 Å². The van der Waals surface area contributed by atoms with Crippen molar-refractivity contribution in [2.45, 2.75) is 105 Å². The molecule has 0 fully saturated rings. The van der Waals surface area contributed by atoms with E-state index in [0.717, 1.165) is 81.2 Å². The molecule has 10 heteroatoms. The van der Waals surface area contributed by atoms with E-state index < -0.39 is 0 Å². The number of aliphatic hydroxyl groups excluding tert-OH is 2. The van der Waals surface area contributed by atoms with Gasteiger partial charge in [0, 0.05) is 95.6 Å². The number of nitrogens with zero attached hydrogens (tertiary/aromatic N) is 4. The van der Waals surface area contributed by atoms with Crippen molar-refractivity contribution in [2.75, 3.05) is 14.2 Å². The summed E-state index contributed by atoms with van der Waals surface area (Å²) in [5.74, 6) is 0. The number of aliphatic hydroxyl groups is 2. The minimum Gasteiger partial charge on any atom is -0.465 e. The van der Waals surface area contributed by atoms with E-state index in [0.29, 0.717) is 0 Å². The molecular formula is C74H77Ir2N4O4-3. The molecule has 0 bridgehead atoms. The van der Waals surface area contributed by atoms with Crippen molar-refractivity contribution in [1.82, 2.24) is 19.9 Å². The van der Waals surface area contributed by atoms with Gasteiger partial charge in [-0.15, -0.1) is 106 Å². The van der Waals surface area contributed by atoms with Crippen molar-refractivity contribution in [3.05, 3.63) is 242 Å². The molecule has 0 spiro atoms. The minimum absolute atomic E-state index is 0. The summed E-state index contributed by atoms with van der Waals surface area (Å²) in [5.41, 5.74) is 15.7. The summed E-state index contributed by atoms with van der Waals surface area (Å²) in [6.07, 6.45) is 10.7. The molecule has 12 rings (SSSR count). The second-order valence-electron chi connectivity index (χ2n) is 23.8. The van der Waals surface area contributed by atoms with Crippen LogP contribution in [0.1, 0.15) is 105 Å². The summed E-state index contributed by atoms with van der Waals surface area (Å²) in [6.45, 7) is 26.5. The van der Waals surface area contributed by atoms with Gasteiger partial charge in [-0.05, 0) is 102 Å². The maximum absolute atomic E-state index is 7.00. The largest absolute Gasteiger partial charge is 0.465 e. The Bertz CT molecular complexity index is 3670. The number of fused-ring (bicyclic) bond motifs is 4. The number of furan rings is 2. The van der Waals surface area contributed by atoms with Crippen molar-refractivity contribution in [1.29, 1.82) is 0 Å². The summed E-state index contributed by atoms with van der Waals surface area (Å²) in [4.78, 5) is 18.0. The average molecular weight is 1470 g/mol. The molecule has 438 valence electrons. The Morgan fingerprint density at radius 1 is 0.321 bits per heavy atom. The minimum atomic E-state index is 0. The number of pyridine rings is 4. The Labute approximate surface area is 524 Å². The van der Waals surface area contributed by atoms with E-state index in [-0.39, 0.29) is 61.9 Å². The molecule has 0 saturated heterocycles. The van der Waals surface area contributed by atoms with Gasteiger partial charge in [-0.3, -0.25) is 4.98 Å². The molecular weight excluding hydrogens is 1390 g/mol. The third-order valence-electron chi connectivity index (χ3n) is 13.9. The van der Waals surface area contributed by atoms with Crippen LogP contribution in [-0.2, 0) is 61.9 Å². The third kappa shape index (κ3) is 17.0. The fourth-order valence-electron chi connectivity index (χ4n) is 9.15. The van der Waals surface area contributed by atoms with Gasteiger partial charge in [0.1, 0.15) is 11.2 Å². The van der Waals surface area contributed by atoms with E-state index in [1.807, 2.05) is 48.8 Å². The fraction of sp³-hybridized carbons (Fsp3) is 0.243. The number of rotatable bonds is 4. The van der Waals surface area contributed by atoms with Gasteiger partial charge in [-0.25, -0.2) is 0 Å². The maximum atomic E-state index is 7.00. The molecule has 0 aliphatic heterocycles. The molecule has 0 amide bonds. The zero-order chi connectivity index (χ0) is 59.2. The van der Waals surface area contributed by atoms with Gasteiger partial charge in [0.15, 0.2) is 0 Å². The number of hydrogen-bond donors (Lipinski definition) is 2. The van der Waals surface area contributed by atoms with Crippen molar-refractivity contribution >= 4 is 43.5 Å². The molecule has 0 aliphatic rings. The van der Waals surface area contributed by atoms with Gasteiger partial charge in [0.25, 0.3) is 0 Å². The van der Waals surface area contributed by atoms with Gasteiger partial charge < -0.3 is 34.0 Å². The predicted octanol–water partition coefficient (Wildman–Crippen LogP) is 18.6. The Morgan fingerprint density at radius 2 is 0.631 bits per heavy atom. The van der Waals surface area contributed by atoms with E-state index in [2.05, 4.69) is 249 Å². The zero-order valence-electron chi connectivity index (χ0n) is 50.7. The van der Waals surface area contributed by atoms with Gasteiger partial charge in [0.05, 0.1) is 18.2 Å². The molecule has 0 unspecified atom stereocenters. The van der Waals surface area contributed by atoms with E-state index in [1.165, 1.54) is 43.8 Å². The summed E-state index contributed by atoms with van der Waals surface area (Å²) in [5, 5.41) is 20.9. The molecule has 6 aromatic heterocycles. The van der Waals surface area contributed by atoms with Crippen LogP contribution < -0.4 is 0 Å². The molecule has 8 nitrogen and oxygen atoms in total. The SMILES string of the molecule is CC(C)(C)c1c[c-]c(-c2nccc3ccccc23)cc1.CC(C)(C)c1c[c-]c(-c2nccc3ccccc23)cc1.CC(C)(C)c1c[c-]c(-c2nccc3occc23)cc1.CC(C)(C)c1ccc(-c2nccc3occc23)cc1.CO.CO.[Ir].[Ir]. The maximum Gasteiger partial charge on any atom is 0.137 e. The molecule has 2 radical (unpaired) electrons. The Kier molecular flexibility index (Phi) is 24.1. The Morgan fingerprint density at radius 3 is 0.976 bits per heavy atom. The monoisotopic (exact) mass is 1470 g/mol. The van der Waals surface area contributed by atoms with Crippen LogP contribution in [0.5, 0.6) is 0 Å². The molecule has 6 aromatic carbocycles. The third-order valence-corrected chi connectivity index (χ3v) is 13.9. The molecule has 12 aromatic rings. The Hall–Kier alpha value is -7.26. The van der Waals surface area contributed by atoms with Gasteiger partial charge in [-0.1, -0.05) is 156 Å². The molecule has 6 heterocycles. The number of hydrogen-bond acceptors (Lipinski definition) is 8. The summed E-state index contributed by atoms with van der Waals surface area (Å²) >= 11 is 0. The van der Waals surface area contributed by atoms with Crippen LogP contribution in [0.2, 0.25) is 0 Å². The molecule has 0 atom stereocenters. The fourth-order valence-corrected chi connectivity index (χ4v) is 9.15. The summed E-state index contributed by atoms with van der Waals surface area (Å²) < 4.78 is 10.8. The van der Waals surface area contributed by atoms with Crippen LogP contribution in [0.25, 0.3) is 88.5 Å². The van der Waals surface area contributed by atoms with Crippen LogP contribution in [0, 0.1) is 18.2 Å². The van der Waals surface area contributed by atoms with Crippen molar-refractivity contribution < 1.29 is 59.3 Å². The quantitative estimate of drug-likeness (QED) is 0.167. The van der Waals surface area contributed by atoms with Crippen LogP contribution in [0.4, 0.5) is 0 Å². The molecule has 0 aliphatic carbocycles. The number of benzene rings is 6. The first-order valence-electron chi connectivity index (χ1n) is 27.6. The Balaban J connectivity index is 0.000000199. The normalized spacial score (nSPS) is 11.1. The van der Waals surface area contributed by atoms with E-state index in [9.17, 15) is 0 Å². The van der Waals surface area contributed by atoms with E-state index >= 15 is 0 Å². The van der Waals surface area contributed by atoms with Crippen LogP contribution in [0.3, 0.4) is 0 Å².